The lowest BCUT2D eigenvalue weighted by atomic mass is 9.88. The molecule has 4 aromatic rings. The highest BCUT2D eigenvalue weighted by atomic mass is 32.1. The van der Waals surface area contributed by atoms with Gasteiger partial charge in [0, 0.05) is 11.1 Å². The largest absolute Gasteiger partial charge is 0.497 e. The Labute approximate surface area is 237 Å². The number of nitrogens with zero attached hydrogens (tertiary/aromatic N) is 2. The van der Waals surface area contributed by atoms with Crippen molar-refractivity contribution in [3.05, 3.63) is 76.9 Å². The Bertz CT molecular complexity index is 1520. The molecular formula is C31H32N2O6S. The Morgan fingerprint density at radius 3 is 2.27 bits per heavy atom. The molecule has 208 valence electrons. The minimum atomic E-state index is -1.64. The topological polar surface area (TPSA) is 92.2 Å². The van der Waals surface area contributed by atoms with E-state index >= 15 is 0 Å². The Hall–Kier alpha value is -3.66. The number of ether oxygens (including phenoxy) is 5. The molecule has 8 nitrogen and oxygen atoms in total. The molecule has 1 fully saturated rings. The van der Waals surface area contributed by atoms with Crippen LogP contribution in [0.5, 0.6) is 23.0 Å². The van der Waals surface area contributed by atoms with E-state index in [0.717, 1.165) is 59.0 Å². The van der Waals surface area contributed by atoms with Gasteiger partial charge in [0.2, 0.25) is 11.5 Å². The number of fused-ring (bicyclic) bond motifs is 1. The standard InChI is InChI=1S/C31H32N2O6S/c1-35-22-11-9-21(10-12-22)31(34)25(24(18-38-31)20-8-13-26-27(17-20)33-40-32-26)14-19-15-28(36-2)30(29(16-19)37-3)39-23-6-4-5-7-23/h8-13,15-17,23,34H,4-7,14,18H2,1-3H3. The van der Waals surface area contributed by atoms with E-state index < -0.39 is 5.79 Å². The van der Waals surface area contributed by atoms with Crippen LogP contribution >= 0.6 is 11.7 Å². The normalized spacial score (nSPS) is 19.4. The van der Waals surface area contributed by atoms with E-state index in [-0.39, 0.29) is 12.7 Å². The molecule has 0 spiro atoms. The highest BCUT2D eigenvalue weighted by Gasteiger charge is 2.42. The Morgan fingerprint density at radius 1 is 0.900 bits per heavy atom. The maximum atomic E-state index is 12.1. The first-order chi connectivity index (χ1) is 19.5. The van der Waals surface area contributed by atoms with Crippen molar-refractivity contribution in [1.82, 2.24) is 8.75 Å². The van der Waals surface area contributed by atoms with E-state index in [9.17, 15) is 5.11 Å². The van der Waals surface area contributed by atoms with Crippen molar-refractivity contribution in [1.29, 1.82) is 0 Å². The molecule has 1 atom stereocenters. The summed E-state index contributed by atoms with van der Waals surface area (Å²) in [4.78, 5) is 0. The lowest BCUT2D eigenvalue weighted by Crippen LogP contribution is -2.29. The van der Waals surface area contributed by atoms with E-state index in [0.29, 0.717) is 35.0 Å². The van der Waals surface area contributed by atoms with Crippen LogP contribution in [-0.2, 0) is 16.9 Å². The van der Waals surface area contributed by atoms with E-state index in [2.05, 4.69) is 8.75 Å². The molecule has 2 aliphatic rings. The van der Waals surface area contributed by atoms with Crippen LogP contribution in [0.3, 0.4) is 0 Å². The number of hydrogen-bond donors (Lipinski definition) is 1. The van der Waals surface area contributed by atoms with Gasteiger partial charge in [-0.3, -0.25) is 0 Å². The van der Waals surface area contributed by atoms with E-state index in [1.165, 1.54) is 11.7 Å². The van der Waals surface area contributed by atoms with Gasteiger partial charge in [0.25, 0.3) is 0 Å². The van der Waals surface area contributed by atoms with Crippen molar-refractivity contribution in [2.24, 2.45) is 0 Å². The van der Waals surface area contributed by atoms with Gasteiger partial charge >= 0.3 is 0 Å². The SMILES string of the molecule is COc1ccc(C2(O)OCC(c3ccc4nsnc4c3)=C2Cc2cc(OC)c(OC3CCCC3)c(OC)c2)cc1. The molecular weight excluding hydrogens is 528 g/mol. The number of aliphatic hydroxyl groups is 1. The maximum absolute atomic E-state index is 12.1. The zero-order valence-electron chi connectivity index (χ0n) is 22.8. The predicted octanol–water partition coefficient (Wildman–Crippen LogP) is 5.91. The summed E-state index contributed by atoms with van der Waals surface area (Å²) in [6.07, 6.45) is 4.92. The van der Waals surface area contributed by atoms with Crippen molar-refractivity contribution in [3.8, 4) is 23.0 Å². The monoisotopic (exact) mass is 560 g/mol. The van der Waals surface area contributed by atoms with Crippen LogP contribution in [0.25, 0.3) is 16.6 Å². The van der Waals surface area contributed by atoms with E-state index in [4.69, 9.17) is 23.7 Å². The van der Waals surface area contributed by atoms with Crippen molar-refractivity contribution in [3.63, 3.8) is 0 Å². The van der Waals surface area contributed by atoms with Crippen LogP contribution in [0, 0.1) is 0 Å². The molecule has 3 aromatic carbocycles. The van der Waals surface area contributed by atoms with Crippen molar-refractivity contribution < 1.29 is 28.8 Å². The summed E-state index contributed by atoms with van der Waals surface area (Å²) in [7, 11) is 4.88. The molecule has 0 amide bonds. The third-order valence-electron chi connectivity index (χ3n) is 7.77. The summed E-state index contributed by atoms with van der Waals surface area (Å²) >= 11 is 1.18. The number of aromatic nitrogens is 2. The fourth-order valence-electron chi connectivity index (χ4n) is 5.61. The zero-order valence-corrected chi connectivity index (χ0v) is 23.6. The molecule has 0 saturated heterocycles. The van der Waals surface area contributed by atoms with Gasteiger partial charge in [-0.2, -0.15) is 8.75 Å². The third kappa shape index (κ3) is 4.89. The molecule has 9 heteroatoms. The summed E-state index contributed by atoms with van der Waals surface area (Å²) < 4.78 is 38.2. The number of benzene rings is 3. The average Bonchev–Trinajstić information content (AvgIpc) is 3.75. The molecule has 1 aromatic heterocycles. The molecule has 1 aliphatic carbocycles. The van der Waals surface area contributed by atoms with Gasteiger partial charge in [-0.15, -0.1) is 0 Å². The summed E-state index contributed by atoms with van der Waals surface area (Å²) in [5, 5.41) is 12.1. The Kier molecular flexibility index (Phi) is 7.35. The quantitative estimate of drug-likeness (QED) is 0.270. The van der Waals surface area contributed by atoms with Gasteiger partial charge in [0.15, 0.2) is 11.5 Å². The van der Waals surface area contributed by atoms with Gasteiger partial charge in [-0.05, 0) is 97.3 Å². The van der Waals surface area contributed by atoms with E-state index in [1.54, 1.807) is 21.3 Å². The second-order valence-corrected chi connectivity index (χ2v) is 10.6. The van der Waals surface area contributed by atoms with Crippen LogP contribution < -0.4 is 18.9 Å². The van der Waals surface area contributed by atoms with Crippen LogP contribution in [0.2, 0.25) is 0 Å². The molecule has 1 N–H and O–H groups in total. The van der Waals surface area contributed by atoms with Crippen molar-refractivity contribution >= 4 is 28.3 Å². The van der Waals surface area contributed by atoms with Crippen LogP contribution in [0.4, 0.5) is 0 Å². The fraction of sp³-hybridized carbons (Fsp3) is 0.355. The Morgan fingerprint density at radius 2 is 1.60 bits per heavy atom. The second kappa shape index (κ2) is 11.1. The molecule has 0 radical (unpaired) electrons. The van der Waals surface area contributed by atoms with Crippen LogP contribution in [0.1, 0.15) is 42.4 Å². The number of methoxy groups -OCH3 is 3. The molecule has 1 aliphatic heterocycles. The molecule has 40 heavy (non-hydrogen) atoms. The highest BCUT2D eigenvalue weighted by molar-refractivity contribution is 7.00. The average molecular weight is 561 g/mol. The maximum Gasteiger partial charge on any atom is 0.217 e. The number of rotatable bonds is 9. The van der Waals surface area contributed by atoms with Crippen molar-refractivity contribution in [2.75, 3.05) is 27.9 Å². The third-order valence-corrected chi connectivity index (χ3v) is 8.33. The first-order valence-corrected chi connectivity index (χ1v) is 14.1. The first kappa shape index (κ1) is 26.6. The summed E-state index contributed by atoms with van der Waals surface area (Å²) in [5.41, 5.74) is 5.73. The van der Waals surface area contributed by atoms with Gasteiger partial charge < -0.3 is 28.8 Å². The van der Waals surface area contributed by atoms with Crippen LogP contribution in [0.15, 0.2) is 60.2 Å². The van der Waals surface area contributed by atoms with Gasteiger partial charge in [-0.1, -0.05) is 6.07 Å². The molecule has 6 rings (SSSR count). The minimum Gasteiger partial charge on any atom is -0.497 e. The molecule has 2 heterocycles. The predicted molar refractivity (Wildman–Crippen MR) is 153 cm³/mol. The van der Waals surface area contributed by atoms with Gasteiger partial charge in [-0.25, -0.2) is 0 Å². The van der Waals surface area contributed by atoms with Gasteiger partial charge in [0.1, 0.15) is 16.8 Å². The number of hydrogen-bond acceptors (Lipinski definition) is 9. The summed E-state index contributed by atoms with van der Waals surface area (Å²) in [5.74, 6) is 0.876. The fourth-order valence-corrected chi connectivity index (χ4v) is 6.13. The molecule has 1 saturated carbocycles. The smallest absolute Gasteiger partial charge is 0.217 e. The molecule has 1 unspecified atom stereocenters. The Balaban J connectivity index is 1.44. The molecule has 0 bridgehead atoms. The van der Waals surface area contributed by atoms with Crippen LogP contribution in [-0.4, -0.2) is 47.9 Å². The highest BCUT2D eigenvalue weighted by Crippen LogP contribution is 2.47. The minimum absolute atomic E-state index is 0.154. The zero-order chi connectivity index (χ0) is 27.7. The van der Waals surface area contributed by atoms with Gasteiger partial charge in [0.05, 0.1) is 45.8 Å². The van der Waals surface area contributed by atoms with Crippen molar-refractivity contribution in [2.45, 2.75) is 44.0 Å². The van der Waals surface area contributed by atoms with E-state index in [1.807, 2.05) is 54.6 Å². The first-order valence-electron chi connectivity index (χ1n) is 13.4. The lowest BCUT2D eigenvalue weighted by molar-refractivity contribution is -0.162. The lowest BCUT2D eigenvalue weighted by Gasteiger charge is -2.27. The summed E-state index contributed by atoms with van der Waals surface area (Å²) in [6.45, 7) is 0.234. The second-order valence-electron chi connectivity index (χ2n) is 10.1. The summed E-state index contributed by atoms with van der Waals surface area (Å²) in [6, 6.07) is 17.2.